The minimum atomic E-state index is 0.231. The van der Waals surface area contributed by atoms with E-state index in [-0.39, 0.29) is 5.75 Å². The fourth-order valence-corrected chi connectivity index (χ4v) is 3.92. The van der Waals surface area contributed by atoms with Gasteiger partial charge in [0.25, 0.3) is 0 Å². The number of rotatable bonds is 5. The third-order valence-electron chi connectivity index (χ3n) is 5.35. The summed E-state index contributed by atoms with van der Waals surface area (Å²) in [6, 6.07) is 38.4. The van der Waals surface area contributed by atoms with Gasteiger partial charge in [-0.25, -0.2) is 4.98 Å². The molecule has 150 valence electrons. The van der Waals surface area contributed by atoms with Crippen LogP contribution < -0.4 is 0 Å². The second-order valence-electron chi connectivity index (χ2n) is 7.49. The monoisotopic (exact) mass is 402 g/mol. The molecule has 1 N–H and O–H groups in total. The second-order valence-corrected chi connectivity index (χ2v) is 7.49. The Bertz CT molecular complexity index is 1290. The van der Waals surface area contributed by atoms with Gasteiger partial charge in [0.1, 0.15) is 11.6 Å². The molecule has 1 heterocycles. The van der Waals surface area contributed by atoms with Crippen molar-refractivity contribution in [3.8, 4) is 39.7 Å². The van der Waals surface area contributed by atoms with Gasteiger partial charge in [0.2, 0.25) is 0 Å². The van der Waals surface area contributed by atoms with Gasteiger partial charge in [0, 0.05) is 23.2 Å². The van der Waals surface area contributed by atoms with Crippen LogP contribution in [0.2, 0.25) is 0 Å². The third kappa shape index (κ3) is 3.86. The van der Waals surface area contributed by atoms with Crippen LogP contribution in [-0.4, -0.2) is 14.7 Å². The molecule has 5 aromatic rings. The number of benzene rings is 4. The molecule has 3 heteroatoms. The van der Waals surface area contributed by atoms with Crippen molar-refractivity contribution in [2.75, 3.05) is 0 Å². The van der Waals surface area contributed by atoms with Gasteiger partial charge in [0.05, 0.1) is 11.4 Å². The van der Waals surface area contributed by atoms with Crippen LogP contribution in [0.5, 0.6) is 5.75 Å². The first-order chi connectivity index (χ1) is 15.3. The molecule has 0 aliphatic rings. The summed E-state index contributed by atoms with van der Waals surface area (Å²) in [5.74, 6) is 1.06. The first-order valence-electron chi connectivity index (χ1n) is 10.3. The zero-order valence-electron chi connectivity index (χ0n) is 17.0. The summed E-state index contributed by atoms with van der Waals surface area (Å²) in [6.07, 6.45) is 0. The molecule has 0 saturated heterocycles. The van der Waals surface area contributed by atoms with Crippen molar-refractivity contribution in [1.29, 1.82) is 0 Å². The zero-order chi connectivity index (χ0) is 21.0. The molecule has 4 aromatic carbocycles. The minimum Gasteiger partial charge on any atom is -0.508 e. The van der Waals surface area contributed by atoms with E-state index >= 15 is 0 Å². The van der Waals surface area contributed by atoms with Crippen LogP contribution in [0.3, 0.4) is 0 Å². The van der Waals surface area contributed by atoms with Crippen molar-refractivity contribution >= 4 is 0 Å². The first-order valence-corrected chi connectivity index (χ1v) is 10.3. The lowest BCUT2D eigenvalue weighted by Gasteiger charge is -2.14. The summed E-state index contributed by atoms with van der Waals surface area (Å²) in [6.45, 7) is 0.676. The summed E-state index contributed by atoms with van der Waals surface area (Å²) < 4.78 is 2.25. The average Bonchev–Trinajstić information content (AvgIpc) is 3.20. The van der Waals surface area contributed by atoms with Crippen LogP contribution >= 0.6 is 0 Å². The number of aromatic nitrogens is 2. The van der Waals surface area contributed by atoms with Crippen LogP contribution in [0.25, 0.3) is 33.9 Å². The highest BCUT2D eigenvalue weighted by Crippen LogP contribution is 2.37. The third-order valence-corrected chi connectivity index (χ3v) is 5.35. The molecule has 31 heavy (non-hydrogen) atoms. The van der Waals surface area contributed by atoms with Crippen LogP contribution in [0.15, 0.2) is 115 Å². The van der Waals surface area contributed by atoms with Crippen molar-refractivity contribution in [2.24, 2.45) is 0 Å². The molecule has 0 bridgehead atoms. The van der Waals surface area contributed by atoms with Crippen molar-refractivity contribution in [3.63, 3.8) is 0 Å². The topological polar surface area (TPSA) is 38.1 Å². The van der Waals surface area contributed by atoms with Crippen molar-refractivity contribution in [2.45, 2.75) is 6.54 Å². The Kier molecular flexibility index (Phi) is 5.07. The lowest BCUT2D eigenvalue weighted by atomic mass is 10.0. The van der Waals surface area contributed by atoms with E-state index in [1.807, 2.05) is 42.5 Å². The van der Waals surface area contributed by atoms with E-state index in [0.29, 0.717) is 6.54 Å². The van der Waals surface area contributed by atoms with Crippen molar-refractivity contribution < 1.29 is 5.11 Å². The van der Waals surface area contributed by atoms with Gasteiger partial charge < -0.3 is 9.67 Å². The summed E-state index contributed by atoms with van der Waals surface area (Å²) >= 11 is 0. The van der Waals surface area contributed by atoms with Crippen LogP contribution in [0.1, 0.15) is 5.56 Å². The first kappa shape index (κ1) is 18.9. The molecule has 0 unspecified atom stereocenters. The van der Waals surface area contributed by atoms with Crippen LogP contribution in [-0.2, 0) is 6.54 Å². The van der Waals surface area contributed by atoms with Gasteiger partial charge in [0.15, 0.2) is 0 Å². The Balaban J connectivity index is 1.81. The smallest absolute Gasteiger partial charge is 0.141 e. The van der Waals surface area contributed by atoms with Gasteiger partial charge in [-0.1, -0.05) is 103 Å². The highest BCUT2D eigenvalue weighted by atomic mass is 16.3. The van der Waals surface area contributed by atoms with Gasteiger partial charge in [-0.3, -0.25) is 0 Å². The number of hydrogen-bond donors (Lipinski definition) is 1. The maximum atomic E-state index is 10.1. The molecule has 0 spiro atoms. The largest absolute Gasteiger partial charge is 0.508 e. The number of imidazole rings is 1. The van der Waals surface area contributed by atoms with E-state index in [4.69, 9.17) is 4.98 Å². The highest BCUT2D eigenvalue weighted by Gasteiger charge is 2.21. The molecule has 0 radical (unpaired) electrons. The quantitative estimate of drug-likeness (QED) is 0.358. The highest BCUT2D eigenvalue weighted by molar-refractivity contribution is 5.82. The number of phenolic OH excluding ortho intramolecular Hbond substituents is 1. The summed E-state index contributed by atoms with van der Waals surface area (Å²) in [5, 5.41) is 10.1. The van der Waals surface area contributed by atoms with E-state index < -0.39 is 0 Å². The second kappa shape index (κ2) is 8.33. The number of hydrogen-bond acceptors (Lipinski definition) is 2. The Labute approximate surface area is 181 Å². The molecule has 0 aliphatic carbocycles. The van der Waals surface area contributed by atoms with E-state index in [9.17, 15) is 5.11 Å². The summed E-state index contributed by atoms with van der Waals surface area (Å²) in [7, 11) is 0. The molecule has 1 aromatic heterocycles. The molecular weight excluding hydrogens is 380 g/mol. The Morgan fingerprint density at radius 2 is 1.19 bits per heavy atom. The number of aromatic hydroxyl groups is 1. The standard InChI is InChI=1S/C28H22N2O/c31-25-18-10-17-24(19-25)28-29-26(22-13-6-2-7-14-22)27(23-15-8-3-9-16-23)30(28)20-21-11-4-1-5-12-21/h1-19,31H,20H2. The minimum absolute atomic E-state index is 0.231. The Morgan fingerprint density at radius 3 is 1.84 bits per heavy atom. The number of phenols is 1. The van der Waals surface area contributed by atoms with Crippen molar-refractivity contribution in [1.82, 2.24) is 9.55 Å². The Morgan fingerprint density at radius 1 is 0.613 bits per heavy atom. The van der Waals surface area contributed by atoms with Crippen LogP contribution in [0.4, 0.5) is 0 Å². The fraction of sp³-hybridized carbons (Fsp3) is 0.0357. The van der Waals surface area contributed by atoms with Gasteiger partial charge >= 0.3 is 0 Å². The molecule has 0 fully saturated rings. The molecule has 3 nitrogen and oxygen atoms in total. The molecule has 0 saturated carbocycles. The maximum absolute atomic E-state index is 10.1. The average molecular weight is 402 g/mol. The van der Waals surface area contributed by atoms with E-state index in [2.05, 4.69) is 65.2 Å². The zero-order valence-corrected chi connectivity index (χ0v) is 17.0. The SMILES string of the molecule is Oc1cccc(-c2nc(-c3ccccc3)c(-c3ccccc3)n2Cc2ccccc2)c1. The molecule has 5 rings (SSSR count). The van der Waals surface area contributed by atoms with E-state index in [1.165, 1.54) is 5.56 Å². The summed E-state index contributed by atoms with van der Waals surface area (Å²) in [4.78, 5) is 5.12. The normalized spacial score (nSPS) is 10.8. The van der Waals surface area contributed by atoms with E-state index in [1.54, 1.807) is 12.1 Å². The summed E-state index contributed by atoms with van der Waals surface area (Å²) in [5.41, 5.74) is 6.24. The van der Waals surface area contributed by atoms with Gasteiger partial charge in [-0.2, -0.15) is 0 Å². The molecular formula is C28H22N2O. The predicted octanol–water partition coefficient (Wildman–Crippen LogP) is 6.64. The predicted molar refractivity (Wildman–Crippen MR) is 126 cm³/mol. The fourth-order valence-electron chi connectivity index (χ4n) is 3.92. The van der Waals surface area contributed by atoms with Gasteiger partial charge in [-0.05, 0) is 17.7 Å². The lowest BCUT2D eigenvalue weighted by Crippen LogP contribution is -2.04. The maximum Gasteiger partial charge on any atom is 0.141 e. The van der Waals surface area contributed by atoms with Gasteiger partial charge in [-0.15, -0.1) is 0 Å². The van der Waals surface area contributed by atoms with Crippen molar-refractivity contribution in [3.05, 3.63) is 121 Å². The Hall–Kier alpha value is -4.11. The molecule has 0 aliphatic heterocycles. The van der Waals surface area contributed by atoms with Crippen LogP contribution in [0, 0.1) is 0 Å². The number of nitrogens with zero attached hydrogens (tertiary/aromatic N) is 2. The van der Waals surface area contributed by atoms with E-state index in [0.717, 1.165) is 33.9 Å². The lowest BCUT2D eigenvalue weighted by molar-refractivity contribution is 0.475. The molecule has 0 atom stereocenters. The molecule has 0 amide bonds.